The second kappa shape index (κ2) is 8.36. The lowest BCUT2D eigenvalue weighted by atomic mass is 9.93. The van der Waals surface area contributed by atoms with Gasteiger partial charge in [-0.05, 0) is 30.5 Å². The minimum Gasteiger partial charge on any atom is -0.439 e. The summed E-state index contributed by atoms with van der Waals surface area (Å²) in [4.78, 5) is 17.7. The van der Waals surface area contributed by atoms with E-state index in [0.717, 1.165) is 11.1 Å². The van der Waals surface area contributed by atoms with Gasteiger partial charge in [0.25, 0.3) is 0 Å². The van der Waals surface area contributed by atoms with E-state index in [0.29, 0.717) is 13.0 Å². The van der Waals surface area contributed by atoms with E-state index in [2.05, 4.69) is 10.0 Å². The van der Waals surface area contributed by atoms with Gasteiger partial charge in [0, 0.05) is 17.9 Å². The molecule has 0 bridgehead atoms. The number of ether oxygens (including phenoxy) is 3. The number of carbonyl (C=O) groups excluding carboxylic acids is 1. The highest BCUT2D eigenvalue weighted by atomic mass is 16.7. The summed E-state index contributed by atoms with van der Waals surface area (Å²) >= 11 is 0. The van der Waals surface area contributed by atoms with Crippen LogP contribution in [0, 0.1) is 0 Å². The lowest BCUT2D eigenvalue weighted by molar-refractivity contribution is -0.230. The predicted molar refractivity (Wildman–Crippen MR) is 109 cm³/mol. The fraction of sp³-hybridized carbons (Fsp3) is 0.409. The first kappa shape index (κ1) is 20.2. The van der Waals surface area contributed by atoms with Crippen LogP contribution in [-0.2, 0) is 14.2 Å². The van der Waals surface area contributed by atoms with E-state index >= 15 is 0 Å². The summed E-state index contributed by atoms with van der Waals surface area (Å²) in [6, 6.07) is 18.6. The number of amides is 1. The van der Waals surface area contributed by atoms with E-state index in [1.165, 1.54) is 0 Å². The molecule has 0 aromatic heterocycles. The molecule has 2 heterocycles. The molecular formula is C22H24N4O4. The Kier molecular flexibility index (Phi) is 5.63. The molecule has 30 heavy (non-hydrogen) atoms. The van der Waals surface area contributed by atoms with E-state index in [1.807, 2.05) is 67.6 Å². The van der Waals surface area contributed by atoms with E-state index < -0.39 is 30.3 Å². The van der Waals surface area contributed by atoms with Crippen LogP contribution in [0.2, 0.25) is 0 Å². The van der Waals surface area contributed by atoms with E-state index in [9.17, 15) is 4.79 Å². The molecule has 0 N–H and O–H groups in total. The summed E-state index contributed by atoms with van der Waals surface area (Å²) in [5, 5.41) is 3.72. The number of azide groups is 1. The van der Waals surface area contributed by atoms with Crippen molar-refractivity contribution in [2.24, 2.45) is 5.11 Å². The summed E-state index contributed by atoms with van der Waals surface area (Å²) in [7, 11) is 0. The van der Waals surface area contributed by atoms with E-state index in [1.54, 1.807) is 11.8 Å². The molecule has 0 radical (unpaired) electrons. The van der Waals surface area contributed by atoms with Crippen LogP contribution in [0.25, 0.3) is 10.4 Å². The molecule has 1 amide bonds. The number of hydrogen-bond donors (Lipinski definition) is 0. The maximum atomic E-state index is 13.2. The quantitative estimate of drug-likeness (QED) is 0.377. The summed E-state index contributed by atoms with van der Waals surface area (Å²) < 4.78 is 17.7. The highest BCUT2D eigenvalue weighted by Gasteiger charge is 2.56. The van der Waals surface area contributed by atoms with Crippen LogP contribution in [0.3, 0.4) is 0 Å². The minimum atomic E-state index is -1.12. The van der Waals surface area contributed by atoms with Gasteiger partial charge in [-0.15, -0.1) is 0 Å². The zero-order valence-corrected chi connectivity index (χ0v) is 16.9. The smallest absolute Gasteiger partial charge is 0.411 e. The van der Waals surface area contributed by atoms with Gasteiger partial charge in [-0.2, -0.15) is 0 Å². The van der Waals surface area contributed by atoms with Crippen molar-refractivity contribution in [2.45, 2.75) is 50.5 Å². The zero-order chi connectivity index (χ0) is 21.1. The molecule has 2 aliphatic heterocycles. The van der Waals surface area contributed by atoms with Crippen molar-refractivity contribution in [3.63, 3.8) is 0 Å². The Morgan fingerprint density at radius 1 is 1.17 bits per heavy atom. The molecule has 156 valence electrons. The Morgan fingerprint density at radius 2 is 1.80 bits per heavy atom. The van der Waals surface area contributed by atoms with Crippen LogP contribution < -0.4 is 0 Å². The fourth-order valence-electron chi connectivity index (χ4n) is 4.41. The molecule has 4 rings (SSSR count). The Morgan fingerprint density at radius 3 is 2.40 bits per heavy atom. The van der Waals surface area contributed by atoms with Crippen LogP contribution in [0.5, 0.6) is 0 Å². The SMILES string of the molecule is CCO[C@]1(C)O[C@@H](N=[N+]=[N-])C[C@H]1N1C(=O)O[C@@H](c2ccccc2)[C@H]1c1ccccc1. The van der Waals surface area contributed by atoms with Gasteiger partial charge in [0.2, 0.25) is 0 Å². The monoisotopic (exact) mass is 408 g/mol. The first-order valence-corrected chi connectivity index (χ1v) is 10.0. The van der Waals surface area contributed by atoms with E-state index in [-0.39, 0.29) is 6.04 Å². The lowest BCUT2D eigenvalue weighted by Crippen LogP contribution is -2.51. The largest absolute Gasteiger partial charge is 0.439 e. The Balaban J connectivity index is 1.78. The fourth-order valence-corrected chi connectivity index (χ4v) is 4.41. The summed E-state index contributed by atoms with van der Waals surface area (Å²) in [6.07, 6.45) is -1.33. The molecule has 0 aliphatic carbocycles. The van der Waals surface area contributed by atoms with Gasteiger partial charge in [0.1, 0.15) is 12.3 Å². The van der Waals surface area contributed by atoms with E-state index in [4.69, 9.17) is 19.7 Å². The van der Waals surface area contributed by atoms with Gasteiger partial charge in [0.15, 0.2) is 11.9 Å². The van der Waals surface area contributed by atoms with Crippen LogP contribution in [0.4, 0.5) is 4.79 Å². The van der Waals surface area contributed by atoms with Gasteiger partial charge in [-0.25, -0.2) is 4.79 Å². The molecule has 2 aromatic rings. The molecule has 2 aromatic carbocycles. The maximum absolute atomic E-state index is 13.2. The third-order valence-electron chi connectivity index (χ3n) is 5.64. The van der Waals surface area contributed by atoms with Crippen LogP contribution >= 0.6 is 0 Å². The molecule has 5 atom stereocenters. The summed E-state index contributed by atoms with van der Waals surface area (Å²) in [5.74, 6) is -1.12. The summed E-state index contributed by atoms with van der Waals surface area (Å²) in [6.45, 7) is 4.02. The second-order valence-electron chi connectivity index (χ2n) is 7.46. The van der Waals surface area contributed by atoms with Crippen molar-refractivity contribution in [1.82, 2.24) is 4.90 Å². The Hall–Kier alpha value is -3.06. The minimum absolute atomic E-state index is 0.320. The lowest BCUT2D eigenvalue weighted by Gasteiger charge is -2.38. The third kappa shape index (κ3) is 3.61. The Bertz CT molecular complexity index is 935. The van der Waals surface area contributed by atoms with Crippen molar-refractivity contribution >= 4 is 6.09 Å². The van der Waals surface area contributed by atoms with Gasteiger partial charge in [0.05, 0.1) is 6.04 Å². The van der Waals surface area contributed by atoms with Crippen LogP contribution in [-0.4, -0.2) is 35.7 Å². The summed E-state index contributed by atoms with van der Waals surface area (Å²) in [5.41, 5.74) is 10.7. The molecule has 2 fully saturated rings. The molecule has 2 aliphatic rings. The number of carbonyl (C=O) groups is 1. The molecule has 8 heteroatoms. The van der Waals surface area contributed by atoms with Gasteiger partial charge in [-0.1, -0.05) is 65.8 Å². The van der Waals surface area contributed by atoms with Gasteiger partial charge >= 0.3 is 6.09 Å². The van der Waals surface area contributed by atoms with Gasteiger partial charge < -0.3 is 14.2 Å². The third-order valence-corrected chi connectivity index (χ3v) is 5.64. The highest BCUT2D eigenvalue weighted by molar-refractivity contribution is 5.72. The first-order chi connectivity index (χ1) is 14.6. The van der Waals surface area contributed by atoms with Gasteiger partial charge in [-0.3, -0.25) is 4.90 Å². The second-order valence-corrected chi connectivity index (χ2v) is 7.46. The van der Waals surface area contributed by atoms with Crippen LogP contribution in [0.1, 0.15) is 43.5 Å². The first-order valence-electron chi connectivity index (χ1n) is 10.0. The van der Waals surface area contributed by atoms with Crippen LogP contribution in [0.15, 0.2) is 65.8 Å². The maximum Gasteiger partial charge on any atom is 0.411 e. The number of benzene rings is 2. The average Bonchev–Trinajstić information content (AvgIpc) is 3.26. The highest BCUT2D eigenvalue weighted by Crippen LogP contribution is 2.49. The predicted octanol–water partition coefficient (Wildman–Crippen LogP) is 5.10. The number of nitrogens with zero attached hydrogens (tertiary/aromatic N) is 4. The number of cyclic esters (lactones) is 1. The molecular weight excluding hydrogens is 384 g/mol. The molecule has 0 spiro atoms. The molecule has 2 saturated heterocycles. The average molecular weight is 408 g/mol. The molecule has 0 unspecified atom stereocenters. The van der Waals surface area contributed by atoms with Crippen molar-refractivity contribution in [3.05, 3.63) is 82.2 Å². The molecule has 0 saturated carbocycles. The Labute approximate surface area is 175 Å². The van der Waals surface area contributed by atoms with Crippen molar-refractivity contribution < 1.29 is 19.0 Å². The normalized spacial score (nSPS) is 30.7. The number of rotatable bonds is 6. The topological polar surface area (TPSA) is 96.8 Å². The number of hydrogen-bond acceptors (Lipinski definition) is 5. The van der Waals surface area contributed by atoms with Crippen molar-refractivity contribution in [1.29, 1.82) is 0 Å². The standard InChI is InChI=1S/C22H24N4O4/c1-3-28-22(2)17(14-18(30-22)24-25-23)26-19(15-10-6-4-7-11-15)20(29-21(26)27)16-12-8-5-9-13-16/h4-13,17-20H,3,14H2,1-2H3/t17-,18-,19-,20+,22-/m1/s1. The zero-order valence-electron chi connectivity index (χ0n) is 16.9. The molecule has 8 nitrogen and oxygen atoms in total. The van der Waals surface area contributed by atoms with Crippen molar-refractivity contribution in [2.75, 3.05) is 6.61 Å². The van der Waals surface area contributed by atoms with Crippen molar-refractivity contribution in [3.8, 4) is 0 Å².